The Morgan fingerprint density at radius 1 is 1.38 bits per heavy atom. The second-order valence-electron chi connectivity index (χ2n) is 5.14. The molecular weight excluding hydrogens is 266 g/mol. The van der Waals surface area contributed by atoms with Crippen molar-refractivity contribution in [3.63, 3.8) is 0 Å². The van der Waals surface area contributed by atoms with Crippen molar-refractivity contribution in [2.45, 2.75) is 32.7 Å². The van der Waals surface area contributed by atoms with Crippen molar-refractivity contribution in [2.75, 3.05) is 13.7 Å². The third kappa shape index (κ3) is 4.01. The molecule has 0 saturated heterocycles. The summed E-state index contributed by atoms with van der Waals surface area (Å²) in [7, 11) is 3.48. The average Bonchev–Trinajstić information content (AvgIpc) is 2.89. The van der Waals surface area contributed by atoms with Crippen LogP contribution in [0.4, 0.5) is 0 Å². The van der Waals surface area contributed by atoms with Crippen molar-refractivity contribution in [1.29, 1.82) is 0 Å². The maximum absolute atomic E-state index is 5.42. The lowest BCUT2D eigenvalue weighted by Crippen LogP contribution is -2.24. The first-order chi connectivity index (χ1) is 10.1. The van der Waals surface area contributed by atoms with Crippen LogP contribution < -0.4 is 10.1 Å². The van der Waals surface area contributed by atoms with Gasteiger partial charge in [-0.3, -0.25) is 0 Å². The Hall–Kier alpha value is -1.95. The summed E-state index contributed by atoms with van der Waals surface area (Å²) in [6.45, 7) is 5.14. The van der Waals surface area contributed by atoms with E-state index in [4.69, 9.17) is 4.74 Å². The fourth-order valence-corrected chi connectivity index (χ4v) is 2.27. The zero-order chi connectivity index (χ0) is 15.2. The number of nitrogens with zero attached hydrogens (tertiary/aromatic N) is 4. The Labute approximate surface area is 125 Å². The SMILES string of the molecule is CCCNC(Cc1nnn(C)n1)c1ccc(C)c(OC)c1. The van der Waals surface area contributed by atoms with Gasteiger partial charge in [0.05, 0.1) is 14.2 Å². The van der Waals surface area contributed by atoms with Gasteiger partial charge in [0.2, 0.25) is 0 Å². The number of tetrazole rings is 1. The molecule has 114 valence electrons. The van der Waals surface area contributed by atoms with Gasteiger partial charge in [0, 0.05) is 12.5 Å². The van der Waals surface area contributed by atoms with Crippen molar-refractivity contribution in [3.8, 4) is 5.75 Å². The molecule has 0 radical (unpaired) electrons. The number of ether oxygens (including phenoxy) is 1. The molecule has 0 spiro atoms. The van der Waals surface area contributed by atoms with E-state index < -0.39 is 0 Å². The van der Waals surface area contributed by atoms with Gasteiger partial charge < -0.3 is 10.1 Å². The molecule has 1 unspecified atom stereocenters. The fraction of sp³-hybridized carbons (Fsp3) is 0.533. The molecule has 0 bridgehead atoms. The first-order valence-electron chi connectivity index (χ1n) is 7.24. The van der Waals surface area contributed by atoms with Gasteiger partial charge in [-0.2, -0.15) is 4.80 Å². The molecule has 2 aromatic rings. The molecule has 6 heteroatoms. The van der Waals surface area contributed by atoms with E-state index in [1.54, 1.807) is 14.2 Å². The minimum absolute atomic E-state index is 0.156. The maximum Gasteiger partial charge on any atom is 0.176 e. The van der Waals surface area contributed by atoms with Crippen molar-refractivity contribution in [3.05, 3.63) is 35.2 Å². The van der Waals surface area contributed by atoms with E-state index in [0.29, 0.717) is 6.42 Å². The Morgan fingerprint density at radius 3 is 2.81 bits per heavy atom. The molecule has 0 saturated carbocycles. The molecule has 1 aromatic carbocycles. The van der Waals surface area contributed by atoms with Crippen LogP contribution in [0.1, 0.15) is 36.3 Å². The number of benzene rings is 1. The standard InChI is InChI=1S/C15H23N5O/c1-5-8-16-13(10-15-17-19-20(3)18-15)12-7-6-11(2)14(9-12)21-4/h6-7,9,13,16H,5,8,10H2,1-4H3. The van der Waals surface area contributed by atoms with Gasteiger partial charge in [0.25, 0.3) is 0 Å². The smallest absolute Gasteiger partial charge is 0.176 e. The largest absolute Gasteiger partial charge is 0.496 e. The molecule has 1 N–H and O–H groups in total. The summed E-state index contributed by atoms with van der Waals surface area (Å²) in [5.74, 6) is 1.65. The molecule has 1 atom stereocenters. The predicted molar refractivity (Wildman–Crippen MR) is 81.3 cm³/mol. The van der Waals surface area contributed by atoms with Gasteiger partial charge in [-0.15, -0.1) is 10.2 Å². The quantitative estimate of drug-likeness (QED) is 0.842. The molecule has 2 rings (SSSR count). The van der Waals surface area contributed by atoms with Crippen LogP contribution in [0.2, 0.25) is 0 Å². The summed E-state index contributed by atoms with van der Waals surface area (Å²) < 4.78 is 5.42. The van der Waals surface area contributed by atoms with E-state index >= 15 is 0 Å². The number of rotatable bonds is 7. The van der Waals surface area contributed by atoms with Gasteiger partial charge in [-0.05, 0) is 42.3 Å². The number of hydrogen-bond acceptors (Lipinski definition) is 5. The Kier molecular flexibility index (Phi) is 5.27. The van der Waals surface area contributed by atoms with Gasteiger partial charge in [-0.1, -0.05) is 19.1 Å². The summed E-state index contributed by atoms with van der Waals surface area (Å²) in [5, 5.41) is 15.8. The Balaban J connectivity index is 2.22. The van der Waals surface area contributed by atoms with E-state index in [9.17, 15) is 0 Å². The third-order valence-corrected chi connectivity index (χ3v) is 3.41. The molecule has 1 aromatic heterocycles. The average molecular weight is 289 g/mol. The van der Waals surface area contributed by atoms with E-state index in [1.807, 2.05) is 6.92 Å². The highest BCUT2D eigenvalue weighted by molar-refractivity contribution is 5.38. The van der Waals surface area contributed by atoms with Crippen LogP contribution in [-0.2, 0) is 13.5 Å². The monoisotopic (exact) mass is 289 g/mol. The summed E-state index contributed by atoms with van der Waals surface area (Å²) >= 11 is 0. The second kappa shape index (κ2) is 7.17. The van der Waals surface area contributed by atoms with E-state index in [-0.39, 0.29) is 6.04 Å². The topological polar surface area (TPSA) is 64.9 Å². The zero-order valence-corrected chi connectivity index (χ0v) is 13.1. The van der Waals surface area contributed by atoms with Crippen molar-refractivity contribution in [2.24, 2.45) is 7.05 Å². The third-order valence-electron chi connectivity index (χ3n) is 3.41. The zero-order valence-electron chi connectivity index (χ0n) is 13.1. The highest BCUT2D eigenvalue weighted by atomic mass is 16.5. The molecule has 0 fully saturated rings. The minimum Gasteiger partial charge on any atom is -0.496 e. The fourth-order valence-electron chi connectivity index (χ4n) is 2.27. The Morgan fingerprint density at radius 2 is 2.19 bits per heavy atom. The van der Waals surface area contributed by atoms with Crippen LogP contribution in [0, 0.1) is 6.92 Å². The van der Waals surface area contributed by atoms with Crippen LogP contribution in [0.3, 0.4) is 0 Å². The van der Waals surface area contributed by atoms with Gasteiger partial charge >= 0.3 is 0 Å². The predicted octanol–water partition coefficient (Wildman–Crippen LogP) is 1.81. The molecule has 0 aliphatic carbocycles. The first kappa shape index (κ1) is 15.4. The van der Waals surface area contributed by atoms with Crippen LogP contribution in [0.5, 0.6) is 5.75 Å². The van der Waals surface area contributed by atoms with Crippen LogP contribution in [-0.4, -0.2) is 33.9 Å². The molecule has 0 amide bonds. The second-order valence-corrected chi connectivity index (χ2v) is 5.14. The highest BCUT2D eigenvalue weighted by Gasteiger charge is 2.16. The van der Waals surface area contributed by atoms with E-state index in [0.717, 1.165) is 30.1 Å². The Bertz CT molecular complexity index is 581. The molecule has 0 aliphatic heterocycles. The van der Waals surface area contributed by atoms with Crippen molar-refractivity contribution < 1.29 is 4.74 Å². The van der Waals surface area contributed by atoms with Crippen LogP contribution in [0.25, 0.3) is 0 Å². The normalized spacial score (nSPS) is 12.4. The molecule has 6 nitrogen and oxygen atoms in total. The molecular formula is C15H23N5O. The first-order valence-corrected chi connectivity index (χ1v) is 7.24. The summed E-state index contributed by atoms with van der Waals surface area (Å²) in [4.78, 5) is 1.49. The van der Waals surface area contributed by atoms with Crippen molar-refractivity contribution in [1.82, 2.24) is 25.5 Å². The number of aryl methyl sites for hydroxylation is 2. The van der Waals surface area contributed by atoms with Gasteiger partial charge in [0.15, 0.2) is 5.82 Å². The maximum atomic E-state index is 5.42. The highest BCUT2D eigenvalue weighted by Crippen LogP contribution is 2.24. The van der Waals surface area contributed by atoms with Crippen LogP contribution in [0.15, 0.2) is 18.2 Å². The summed E-state index contributed by atoms with van der Waals surface area (Å²) in [6.07, 6.45) is 1.79. The summed E-state index contributed by atoms with van der Waals surface area (Å²) in [5.41, 5.74) is 2.31. The molecule has 1 heterocycles. The lowest BCUT2D eigenvalue weighted by Gasteiger charge is -2.19. The van der Waals surface area contributed by atoms with Crippen molar-refractivity contribution >= 4 is 0 Å². The van der Waals surface area contributed by atoms with E-state index in [2.05, 4.69) is 45.9 Å². The van der Waals surface area contributed by atoms with Gasteiger partial charge in [-0.25, -0.2) is 0 Å². The number of methoxy groups -OCH3 is 1. The molecule has 0 aliphatic rings. The number of aromatic nitrogens is 4. The van der Waals surface area contributed by atoms with Gasteiger partial charge in [0.1, 0.15) is 5.75 Å². The molecule has 21 heavy (non-hydrogen) atoms. The lowest BCUT2D eigenvalue weighted by molar-refractivity contribution is 0.409. The van der Waals surface area contributed by atoms with E-state index in [1.165, 1.54) is 10.4 Å². The minimum atomic E-state index is 0.156. The number of nitrogens with one attached hydrogen (secondary N) is 1. The van der Waals surface area contributed by atoms with Crippen LogP contribution >= 0.6 is 0 Å². The number of hydrogen-bond donors (Lipinski definition) is 1. The lowest BCUT2D eigenvalue weighted by atomic mass is 10.0. The summed E-state index contributed by atoms with van der Waals surface area (Å²) in [6, 6.07) is 6.45.